The molecule has 0 bridgehead atoms. The minimum Gasteiger partial charge on any atom is -0.378 e. The van der Waals surface area contributed by atoms with Gasteiger partial charge in [0.15, 0.2) is 4.96 Å². The average Bonchev–Trinajstić information content (AvgIpc) is 3.08. The van der Waals surface area contributed by atoms with Crippen LogP contribution >= 0.6 is 11.3 Å². The molecule has 1 aliphatic rings. The second-order valence-electron chi connectivity index (χ2n) is 6.27. The van der Waals surface area contributed by atoms with Crippen LogP contribution in [0, 0.1) is 0 Å². The van der Waals surface area contributed by atoms with E-state index in [2.05, 4.69) is 4.90 Å². The number of hydrogen-bond acceptors (Lipinski definition) is 5. The van der Waals surface area contributed by atoms with E-state index < -0.39 is 0 Å². The summed E-state index contributed by atoms with van der Waals surface area (Å²) in [4.78, 5) is 21.4. The standard InChI is InChI=1S/C20H17N3O2S/c24-19-17(14-6-2-1-3-7-14)18(22-10-12-25-13-11-22)21-20-23(19)15-8-4-5-9-16(15)26-20/h1-9H,10-13H2. The van der Waals surface area contributed by atoms with Crippen LogP contribution in [-0.4, -0.2) is 35.7 Å². The quantitative estimate of drug-likeness (QED) is 0.548. The van der Waals surface area contributed by atoms with Gasteiger partial charge in [-0.1, -0.05) is 53.8 Å². The maximum absolute atomic E-state index is 13.5. The SMILES string of the molecule is O=c1c(-c2ccccc2)c(N2CCOCC2)nc2sc3ccccc3n12. The fourth-order valence-corrected chi connectivity index (χ4v) is 4.47. The summed E-state index contributed by atoms with van der Waals surface area (Å²) in [6, 6.07) is 17.8. The molecular formula is C20H17N3O2S. The van der Waals surface area contributed by atoms with Crippen molar-refractivity contribution in [2.24, 2.45) is 0 Å². The molecule has 1 saturated heterocycles. The van der Waals surface area contributed by atoms with E-state index in [4.69, 9.17) is 9.72 Å². The van der Waals surface area contributed by atoms with E-state index in [9.17, 15) is 4.79 Å². The smallest absolute Gasteiger partial charge is 0.269 e. The number of thiazole rings is 1. The molecule has 1 aliphatic heterocycles. The largest absolute Gasteiger partial charge is 0.378 e. The molecule has 0 atom stereocenters. The maximum atomic E-state index is 13.5. The van der Waals surface area contributed by atoms with E-state index in [0.29, 0.717) is 18.8 Å². The summed E-state index contributed by atoms with van der Waals surface area (Å²) in [7, 11) is 0. The van der Waals surface area contributed by atoms with E-state index in [1.165, 1.54) is 0 Å². The minimum atomic E-state index is -0.0138. The highest BCUT2D eigenvalue weighted by Crippen LogP contribution is 2.31. The third-order valence-electron chi connectivity index (χ3n) is 4.71. The number of hydrogen-bond donors (Lipinski definition) is 0. The van der Waals surface area contributed by atoms with Crippen LogP contribution in [-0.2, 0) is 4.74 Å². The van der Waals surface area contributed by atoms with Gasteiger partial charge < -0.3 is 9.64 Å². The topological polar surface area (TPSA) is 46.8 Å². The molecule has 2 aromatic heterocycles. The predicted molar refractivity (Wildman–Crippen MR) is 105 cm³/mol. The number of rotatable bonds is 2. The van der Waals surface area contributed by atoms with Crippen LogP contribution in [0.3, 0.4) is 0 Å². The molecular weight excluding hydrogens is 346 g/mol. The Morgan fingerprint density at radius 2 is 1.69 bits per heavy atom. The molecule has 0 N–H and O–H groups in total. The number of para-hydroxylation sites is 1. The summed E-state index contributed by atoms with van der Waals surface area (Å²) in [5.74, 6) is 0.760. The highest BCUT2D eigenvalue weighted by atomic mass is 32.1. The molecule has 130 valence electrons. The van der Waals surface area contributed by atoms with E-state index in [1.54, 1.807) is 15.7 Å². The summed E-state index contributed by atoms with van der Waals surface area (Å²) < 4.78 is 8.29. The van der Waals surface area contributed by atoms with Gasteiger partial charge in [-0.3, -0.25) is 9.20 Å². The van der Waals surface area contributed by atoms with Crippen LogP contribution < -0.4 is 10.5 Å². The van der Waals surface area contributed by atoms with Gasteiger partial charge >= 0.3 is 0 Å². The minimum absolute atomic E-state index is 0.0138. The maximum Gasteiger partial charge on any atom is 0.269 e. The predicted octanol–water partition coefficient (Wildman–Crippen LogP) is 3.41. The number of nitrogens with zero attached hydrogens (tertiary/aromatic N) is 3. The van der Waals surface area contributed by atoms with Crippen molar-refractivity contribution < 1.29 is 4.74 Å². The molecule has 0 aliphatic carbocycles. The van der Waals surface area contributed by atoms with Crippen LogP contribution in [0.2, 0.25) is 0 Å². The third kappa shape index (κ3) is 2.41. The number of morpholine rings is 1. The van der Waals surface area contributed by atoms with Crippen molar-refractivity contribution in [3.8, 4) is 11.1 Å². The highest BCUT2D eigenvalue weighted by molar-refractivity contribution is 7.23. The van der Waals surface area contributed by atoms with Gasteiger partial charge in [-0.2, -0.15) is 0 Å². The van der Waals surface area contributed by atoms with Gasteiger partial charge in [-0.15, -0.1) is 0 Å². The first kappa shape index (κ1) is 15.5. The molecule has 0 spiro atoms. The fraction of sp³-hybridized carbons (Fsp3) is 0.200. The zero-order valence-electron chi connectivity index (χ0n) is 14.1. The van der Waals surface area contributed by atoms with E-state index in [1.807, 2.05) is 54.6 Å². The van der Waals surface area contributed by atoms with Crippen LogP contribution in [0.4, 0.5) is 5.82 Å². The van der Waals surface area contributed by atoms with Gasteiger partial charge in [-0.05, 0) is 17.7 Å². The van der Waals surface area contributed by atoms with Gasteiger partial charge in [0.2, 0.25) is 0 Å². The Balaban J connectivity index is 1.86. The molecule has 4 aromatic rings. The van der Waals surface area contributed by atoms with Gasteiger partial charge in [0.25, 0.3) is 5.56 Å². The summed E-state index contributed by atoms with van der Waals surface area (Å²) in [6.45, 7) is 2.80. The number of benzene rings is 2. The van der Waals surface area contributed by atoms with Crippen LogP contribution in [0.15, 0.2) is 59.4 Å². The van der Waals surface area contributed by atoms with Crippen LogP contribution in [0.5, 0.6) is 0 Å². The summed E-state index contributed by atoms with van der Waals surface area (Å²) in [5, 5.41) is 0. The van der Waals surface area contributed by atoms with Crippen molar-refractivity contribution in [1.29, 1.82) is 0 Å². The highest BCUT2D eigenvalue weighted by Gasteiger charge is 2.23. The van der Waals surface area contributed by atoms with Crippen molar-refractivity contribution in [3.05, 3.63) is 65.0 Å². The molecule has 5 rings (SSSR count). The van der Waals surface area contributed by atoms with E-state index in [0.717, 1.165) is 39.6 Å². The molecule has 5 nitrogen and oxygen atoms in total. The van der Waals surface area contributed by atoms with Crippen molar-refractivity contribution in [3.63, 3.8) is 0 Å². The zero-order valence-corrected chi connectivity index (χ0v) is 14.9. The molecule has 1 fully saturated rings. The molecule has 2 aromatic carbocycles. The van der Waals surface area contributed by atoms with Gasteiger partial charge in [0.05, 0.1) is 29.0 Å². The molecule has 0 unspecified atom stereocenters. The fourth-order valence-electron chi connectivity index (χ4n) is 3.46. The Hall–Kier alpha value is -2.70. The van der Waals surface area contributed by atoms with Crippen molar-refractivity contribution in [2.45, 2.75) is 0 Å². The Kier molecular flexibility index (Phi) is 3.72. The molecule has 6 heteroatoms. The summed E-state index contributed by atoms with van der Waals surface area (Å²) >= 11 is 1.55. The second-order valence-corrected chi connectivity index (χ2v) is 7.28. The third-order valence-corrected chi connectivity index (χ3v) is 5.74. The Morgan fingerprint density at radius 1 is 0.962 bits per heavy atom. The lowest BCUT2D eigenvalue weighted by Crippen LogP contribution is -2.38. The van der Waals surface area contributed by atoms with Gasteiger partial charge in [-0.25, -0.2) is 4.98 Å². The Morgan fingerprint density at radius 3 is 2.50 bits per heavy atom. The number of anilines is 1. The van der Waals surface area contributed by atoms with E-state index >= 15 is 0 Å². The Labute approximate surface area is 154 Å². The van der Waals surface area contributed by atoms with Gasteiger partial charge in [0, 0.05) is 13.1 Å². The average molecular weight is 363 g/mol. The van der Waals surface area contributed by atoms with Crippen molar-refractivity contribution in [2.75, 3.05) is 31.2 Å². The summed E-state index contributed by atoms with van der Waals surface area (Å²) in [5.41, 5.74) is 2.46. The van der Waals surface area contributed by atoms with Crippen LogP contribution in [0.1, 0.15) is 0 Å². The summed E-state index contributed by atoms with van der Waals surface area (Å²) in [6.07, 6.45) is 0. The van der Waals surface area contributed by atoms with E-state index in [-0.39, 0.29) is 5.56 Å². The first-order chi connectivity index (χ1) is 12.8. The zero-order chi connectivity index (χ0) is 17.5. The number of aromatic nitrogens is 2. The lowest BCUT2D eigenvalue weighted by Gasteiger charge is -2.29. The number of ether oxygens (including phenoxy) is 1. The first-order valence-corrected chi connectivity index (χ1v) is 9.47. The van der Waals surface area contributed by atoms with Gasteiger partial charge in [0.1, 0.15) is 5.82 Å². The van der Waals surface area contributed by atoms with Crippen molar-refractivity contribution >= 4 is 32.3 Å². The van der Waals surface area contributed by atoms with Crippen LogP contribution in [0.25, 0.3) is 26.3 Å². The lowest BCUT2D eigenvalue weighted by atomic mass is 10.1. The first-order valence-electron chi connectivity index (χ1n) is 8.65. The Bertz CT molecular complexity index is 1140. The second kappa shape index (κ2) is 6.23. The monoisotopic (exact) mass is 363 g/mol. The molecule has 0 amide bonds. The molecule has 3 heterocycles. The molecule has 26 heavy (non-hydrogen) atoms. The molecule has 0 radical (unpaired) electrons. The molecule has 0 saturated carbocycles. The van der Waals surface area contributed by atoms with Crippen molar-refractivity contribution in [1.82, 2.24) is 9.38 Å². The number of fused-ring (bicyclic) bond motifs is 3. The lowest BCUT2D eigenvalue weighted by molar-refractivity contribution is 0.122. The normalized spacial score (nSPS) is 15.0.